The van der Waals surface area contributed by atoms with Crippen LogP contribution in [0, 0.1) is 5.92 Å². The molecular formula is C20H33N3O3S. The van der Waals surface area contributed by atoms with Crippen LogP contribution in [0.15, 0.2) is 24.3 Å². The van der Waals surface area contributed by atoms with Crippen molar-refractivity contribution < 1.29 is 13.2 Å². The van der Waals surface area contributed by atoms with Gasteiger partial charge in [-0.3, -0.25) is 4.79 Å². The van der Waals surface area contributed by atoms with Crippen molar-refractivity contribution in [2.45, 2.75) is 70.7 Å². The average Bonchev–Trinajstić information content (AvgIpc) is 2.60. The molecule has 3 N–H and O–H groups in total. The van der Waals surface area contributed by atoms with E-state index < -0.39 is 10.0 Å². The summed E-state index contributed by atoms with van der Waals surface area (Å²) < 4.78 is 26.8. The zero-order chi connectivity index (χ0) is 20.0. The number of nitrogens with one attached hydrogen (secondary N) is 3. The lowest BCUT2D eigenvalue weighted by molar-refractivity contribution is 0.0943. The van der Waals surface area contributed by atoms with Crippen LogP contribution in [0.3, 0.4) is 0 Å². The fraction of sp³-hybridized carbons (Fsp3) is 0.650. The Morgan fingerprint density at radius 1 is 1.04 bits per heavy atom. The van der Waals surface area contributed by atoms with E-state index in [1.807, 2.05) is 38.1 Å². The molecule has 1 saturated carbocycles. The third-order valence-corrected chi connectivity index (χ3v) is 6.86. The third kappa shape index (κ3) is 6.81. The molecule has 0 saturated heterocycles. The Bertz CT molecular complexity index is 706. The second-order valence-electron chi connectivity index (χ2n) is 8.02. The van der Waals surface area contributed by atoms with Crippen LogP contribution in [0.4, 0.5) is 5.69 Å². The van der Waals surface area contributed by atoms with E-state index in [1.165, 1.54) is 0 Å². The first-order chi connectivity index (χ1) is 12.7. The maximum Gasteiger partial charge on any atom is 0.251 e. The van der Waals surface area contributed by atoms with E-state index in [0.717, 1.165) is 37.9 Å². The number of rotatable bonds is 8. The van der Waals surface area contributed by atoms with Crippen molar-refractivity contribution in [3.05, 3.63) is 29.8 Å². The topological polar surface area (TPSA) is 87.3 Å². The standard InChI is InChI=1S/C20H33N3O3S/c1-14(2)22-20(24)17-7-11-18(12-8-17)21-13-16-5-9-19(10-6-16)23-27(25,26)15(3)4/h7-8,11-12,14-16,19,21,23H,5-6,9-10,13H2,1-4H3,(H,22,24). The van der Waals surface area contributed by atoms with Gasteiger partial charge in [0, 0.05) is 29.9 Å². The minimum absolute atomic E-state index is 0.0567. The molecule has 0 radical (unpaired) electrons. The Hall–Kier alpha value is -1.60. The molecule has 6 nitrogen and oxygen atoms in total. The lowest BCUT2D eigenvalue weighted by Gasteiger charge is -2.29. The van der Waals surface area contributed by atoms with Crippen LogP contribution in [0.2, 0.25) is 0 Å². The highest BCUT2D eigenvalue weighted by Gasteiger charge is 2.26. The second-order valence-corrected chi connectivity index (χ2v) is 10.3. The van der Waals surface area contributed by atoms with Crippen LogP contribution in [-0.4, -0.2) is 38.2 Å². The Balaban J connectivity index is 1.76. The molecule has 0 heterocycles. The summed E-state index contributed by atoms with van der Waals surface area (Å²) in [5, 5.41) is 5.93. The van der Waals surface area contributed by atoms with Crippen LogP contribution in [0.1, 0.15) is 63.7 Å². The number of carbonyl (C=O) groups is 1. The van der Waals surface area contributed by atoms with E-state index in [4.69, 9.17) is 0 Å². The Kier molecular flexibility index (Phi) is 7.68. The lowest BCUT2D eigenvalue weighted by atomic mass is 9.86. The fourth-order valence-corrected chi connectivity index (χ4v) is 4.17. The maximum absolute atomic E-state index is 12.0. The third-order valence-electron chi connectivity index (χ3n) is 4.96. The van der Waals surface area contributed by atoms with Gasteiger partial charge in [0.05, 0.1) is 5.25 Å². The monoisotopic (exact) mass is 395 g/mol. The summed E-state index contributed by atoms with van der Waals surface area (Å²) in [6, 6.07) is 7.70. The second kappa shape index (κ2) is 9.55. The summed E-state index contributed by atoms with van der Waals surface area (Å²) >= 11 is 0. The zero-order valence-electron chi connectivity index (χ0n) is 16.8. The van der Waals surface area contributed by atoms with E-state index in [2.05, 4.69) is 15.4 Å². The fourth-order valence-electron chi connectivity index (χ4n) is 3.20. The maximum atomic E-state index is 12.0. The van der Waals surface area contributed by atoms with Crippen LogP contribution in [0.25, 0.3) is 0 Å². The van der Waals surface area contributed by atoms with Crippen LogP contribution < -0.4 is 15.4 Å². The number of benzene rings is 1. The first kappa shape index (κ1) is 21.7. The smallest absolute Gasteiger partial charge is 0.251 e. The molecule has 1 amide bonds. The molecular weight excluding hydrogens is 362 g/mol. The molecule has 1 aliphatic rings. The van der Waals surface area contributed by atoms with Gasteiger partial charge in [-0.05, 0) is 83.6 Å². The highest BCUT2D eigenvalue weighted by atomic mass is 32.2. The van der Waals surface area contributed by atoms with Gasteiger partial charge in [-0.25, -0.2) is 13.1 Å². The van der Waals surface area contributed by atoms with Crippen molar-refractivity contribution >= 4 is 21.6 Å². The largest absolute Gasteiger partial charge is 0.385 e. The molecule has 0 atom stereocenters. The number of anilines is 1. The molecule has 2 rings (SSSR count). The molecule has 7 heteroatoms. The van der Waals surface area contributed by atoms with Crippen molar-refractivity contribution in [2.75, 3.05) is 11.9 Å². The number of sulfonamides is 1. The first-order valence-electron chi connectivity index (χ1n) is 9.83. The van der Waals surface area contributed by atoms with Gasteiger partial charge in [-0.1, -0.05) is 0 Å². The van der Waals surface area contributed by atoms with Crippen molar-refractivity contribution in [3.63, 3.8) is 0 Å². The normalized spacial score (nSPS) is 20.7. The van der Waals surface area contributed by atoms with E-state index >= 15 is 0 Å². The molecule has 1 aromatic rings. The van der Waals surface area contributed by atoms with Gasteiger partial charge in [0.25, 0.3) is 5.91 Å². The molecule has 0 aromatic heterocycles. The van der Waals surface area contributed by atoms with Gasteiger partial charge in [0.2, 0.25) is 10.0 Å². The van der Waals surface area contributed by atoms with Gasteiger partial charge in [-0.2, -0.15) is 0 Å². The van der Waals surface area contributed by atoms with Gasteiger partial charge < -0.3 is 10.6 Å². The summed E-state index contributed by atoms with van der Waals surface area (Å²) in [7, 11) is -3.19. The molecule has 0 aliphatic heterocycles. The summed E-state index contributed by atoms with van der Waals surface area (Å²) in [4.78, 5) is 12.0. The van der Waals surface area contributed by atoms with E-state index in [0.29, 0.717) is 11.5 Å². The Morgan fingerprint density at radius 2 is 1.63 bits per heavy atom. The summed E-state index contributed by atoms with van der Waals surface area (Å²) in [6.07, 6.45) is 3.78. The van der Waals surface area contributed by atoms with Gasteiger partial charge in [0.15, 0.2) is 0 Å². The van der Waals surface area contributed by atoms with Gasteiger partial charge in [-0.15, -0.1) is 0 Å². The summed E-state index contributed by atoms with van der Waals surface area (Å²) in [5.41, 5.74) is 1.66. The Labute approximate surface area is 163 Å². The molecule has 27 heavy (non-hydrogen) atoms. The van der Waals surface area contributed by atoms with Crippen LogP contribution in [-0.2, 0) is 10.0 Å². The molecule has 0 spiro atoms. The highest BCUT2D eigenvalue weighted by Crippen LogP contribution is 2.25. The predicted octanol–water partition coefficient (Wildman–Crippen LogP) is 3.12. The van der Waals surface area contributed by atoms with Crippen molar-refractivity contribution in [3.8, 4) is 0 Å². The van der Waals surface area contributed by atoms with Crippen molar-refractivity contribution in [2.24, 2.45) is 5.92 Å². The van der Waals surface area contributed by atoms with Crippen LogP contribution in [0.5, 0.6) is 0 Å². The number of carbonyl (C=O) groups excluding carboxylic acids is 1. The molecule has 1 fully saturated rings. The van der Waals surface area contributed by atoms with Gasteiger partial charge in [0.1, 0.15) is 0 Å². The van der Waals surface area contributed by atoms with Crippen LogP contribution >= 0.6 is 0 Å². The SMILES string of the molecule is CC(C)NC(=O)c1ccc(NCC2CCC(NS(=O)(=O)C(C)C)CC2)cc1. The minimum atomic E-state index is -3.19. The predicted molar refractivity (Wildman–Crippen MR) is 110 cm³/mol. The van der Waals surface area contributed by atoms with Crippen molar-refractivity contribution in [1.29, 1.82) is 0 Å². The van der Waals surface area contributed by atoms with E-state index in [-0.39, 0.29) is 23.2 Å². The minimum Gasteiger partial charge on any atom is -0.385 e. The molecule has 1 aromatic carbocycles. The van der Waals surface area contributed by atoms with Crippen molar-refractivity contribution in [1.82, 2.24) is 10.0 Å². The number of hydrogen-bond donors (Lipinski definition) is 3. The highest BCUT2D eigenvalue weighted by molar-refractivity contribution is 7.90. The number of amides is 1. The molecule has 152 valence electrons. The zero-order valence-corrected chi connectivity index (χ0v) is 17.6. The molecule has 0 unspecified atom stereocenters. The molecule has 1 aliphatic carbocycles. The quantitative estimate of drug-likeness (QED) is 0.631. The van der Waals surface area contributed by atoms with E-state index in [9.17, 15) is 13.2 Å². The number of hydrogen-bond acceptors (Lipinski definition) is 4. The summed E-state index contributed by atoms with van der Waals surface area (Å²) in [6.45, 7) is 8.15. The molecule has 0 bridgehead atoms. The lowest BCUT2D eigenvalue weighted by Crippen LogP contribution is -2.41. The average molecular weight is 396 g/mol. The summed E-state index contributed by atoms with van der Waals surface area (Å²) in [5.74, 6) is 0.479. The van der Waals surface area contributed by atoms with Gasteiger partial charge >= 0.3 is 0 Å². The van der Waals surface area contributed by atoms with E-state index in [1.54, 1.807) is 13.8 Å². The first-order valence-corrected chi connectivity index (χ1v) is 11.4. The Morgan fingerprint density at radius 3 is 2.15 bits per heavy atom.